The van der Waals surface area contributed by atoms with Gasteiger partial charge in [0.1, 0.15) is 11.6 Å². The van der Waals surface area contributed by atoms with Gasteiger partial charge in [-0.2, -0.15) is 0 Å². The number of para-hydroxylation sites is 2. The van der Waals surface area contributed by atoms with Gasteiger partial charge in [0, 0.05) is 13.6 Å². The van der Waals surface area contributed by atoms with E-state index in [-0.39, 0.29) is 29.0 Å². The van der Waals surface area contributed by atoms with Crippen LogP contribution in [0.15, 0.2) is 36.4 Å². The Labute approximate surface area is 155 Å². The minimum absolute atomic E-state index is 0.0460. The number of nitrogens with zero attached hydrogens (tertiary/aromatic N) is 1. The lowest BCUT2D eigenvalue weighted by atomic mass is 10.1. The standard InChI is InChI=1S/C19H20F2N4O2/c1-25(18(27)12-5-3-7-14(21)16(12)23)10-19(8-9-19)24-17(26)11-4-2-6-13(20)15(11)22/h2-7H,8-10,22-23H2,1H3,(H,24,26). The number of hydrogen-bond donors (Lipinski definition) is 3. The second kappa shape index (κ2) is 6.86. The molecular formula is C19H20F2N4O2. The molecule has 8 heteroatoms. The molecule has 0 spiro atoms. The Bertz CT molecular complexity index is 913. The van der Waals surface area contributed by atoms with Gasteiger partial charge in [-0.1, -0.05) is 12.1 Å². The first-order valence-electron chi connectivity index (χ1n) is 8.40. The summed E-state index contributed by atoms with van der Waals surface area (Å²) in [4.78, 5) is 26.4. The second-order valence-corrected chi connectivity index (χ2v) is 6.80. The molecule has 0 bridgehead atoms. The summed E-state index contributed by atoms with van der Waals surface area (Å²) in [5.74, 6) is -2.28. The first-order valence-corrected chi connectivity index (χ1v) is 8.40. The molecule has 142 valence electrons. The maximum atomic E-state index is 13.6. The number of likely N-dealkylation sites (N-methyl/N-ethyl adjacent to an activating group) is 1. The number of benzene rings is 2. The molecule has 2 aromatic carbocycles. The summed E-state index contributed by atoms with van der Waals surface area (Å²) < 4.78 is 27.1. The molecule has 1 aliphatic carbocycles. The number of nitrogens with two attached hydrogens (primary N) is 2. The lowest BCUT2D eigenvalue weighted by Gasteiger charge is -2.25. The zero-order valence-electron chi connectivity index (χ0n) is 14.8. The van der Waals surface area contributed by atoms with Gasteiger partial charge in [-0.05, 0) is 37.1 Å². The van der Waals surface area contributed by atoms with Gasteiger partial charge in [-0.3, -0.25) is 9.59 Å². The molecule has 27 heavy (non-hydrogen) atoms. The Morgan fingerprint density at radius 2 is 1.56 bits per heavy atom. The molecule has 0 atom stereocenters. The average Bonchev–Trinajstić information content (AvgIpc) is 3.37. The normalized spacial score (nSPS) is 14.5. The number of rotatable bonds is 5. The van der Waals surface area contributed by atoms with E-state index in [0.29, 0.717) is 12.8 Å². The third-order valence-corrected chi connectivity index (χ3v) is 4.70. The first-order chi connectivity index (χ1) is 12.7. The Morgan fingerprint density at radius 1 is 1.04 bits per heavy atom. The highest BCUT2D eigenvalue weighted by molar-refractivity contribution is 6.00. The monoisotopic (exact) mass is 374 g/mol. The molecule has 0 aromatic heterocycles. The first kappa shape index (κ1) is 18.6. The van der Waals surface area contributed by atoms with Crippen molar-refractivity contribution in [1.82, 2.24) is 10.2 Å². The van der Waals surface area contributed by atoms with E-state index in [1.54, 1.807) is 7.05 Å². The van der Waals surface area contributed by atoms with E-state index in [1.807, 2.05) is 0 Å². The van der Waals surface area contributed by atoms with Crippen LogP contribution in [0.25, 0.3) is 0 Å². The van der Waals surface area contributed by atoms with Crippen molar-refractivity contribution < 1.29 is 18.4 Å². The van der Waals surface area contributed by atoms with Gasteiger partial charge in [0.05, 0.1) is 28.0 Å². The molecule has 2 aromatic rings. The smallest absolute Gasteiger partial charge is 0.255 e. The van der Waals surface area contributed by atoms with Crippen LogP contribution in [0.1, 0.15) is 33.6 Å². The average molecular weight is 374 g/mol. The summed E-state index contributed by atoms with van der Waals surface area (Å²) in [6.45, 7) is 0.211. The van der Waals surface area contributed by atoms with Crippen molar-refractivity contribution in [2.45, 2.75) is 18.4 Å². The number of nitrogens with one attached hydrogen (secondary N) is 1. The summed E-state index contributed by atoms with van der Waals surface area (Å²) in [5.41, 5.74) is 10.3. The van der Waals surface area contributed by atoms with Crippen LogP contribution >= 0.6 is 0 Å². The van der Waals surface area contributed by atoms with Crippen LogP contribution in [-0.4, -0.2) is 35.8 Å². The summed E-state index contributed by atoms with van der Waals surface area (Å²) >= 11 is 0. The predicted molar refractivity (Wildman–Crippen MR) is 98.0 cm³/mol. The predicted octanol–water partition coefficient (Wildman–Crippen LogP) is 2.16. The molecule has 0 heterocycles. The minimum atomic E-state index is -0.665. The van der Waals surface area contributed by atoms with Crippen molar-refractivity contribution in [1.29, 1.82) is 0 Å². The van der Waals surface area contributed by atoms with E-state index in [0.717, 1.165) is 0 Å². The maximum absolute atomic E-state index is 13.6. The summed E-state index contributed by atoms with van der Waals surface area (Å²) in [6, 6.07) is 8.05. The largest absolute Gasteiger partial charge is 0.396 e. The van der Waals surface area contributed by atoms with Crippen molar-refractivity contribution in [3.05, 3.63) is 59.2 Å². The molecule has 0 radical (unpaired) electrons. The topological polar surface area (TPSA) is 101 Å². The van der Waals surface area contributed by atoms with E-state index in [9.17, 15) is 18.4 Å². The third-order valence-electron chi connectivity index (χ3n) is 4.70. The van der Waals surface area contributed by atoms with Gasteiger partial charge < -0.3 is 21.7 Å². The fraction of sp³-hybridized carbons (Fsp3) is 0.263. The molecular weight excluding hydrogens is 354 g/mol. The number of halogens is 2. The Morgan fingerprint density at radius 3 is 2.11 bits per heavy atom. The Kier molecular flexibility index (Phi) is 4.73. The van der Waals surface area contributed by atoms with Crippen molar-refractivity contribution in [2.24, 2.45) is 0 Å². The summed E-state index contributed by atoms with van der Waals surface area (Å²) in [6.07, 6.45) is 1.31. The van der Waals surface area contributed by atoms with Gasteiger partial charge in [0.2, 0.25) is 0 Å². The number of carbonyl (C=O) groups is 2. The van der Waals surface area contributed by atoms with Crippen LogP contribution in [-0.2, 0) is 0 Å². The quantitative estimate of drug-likeness (QED) is 0.698. The minimum Gasteiger partial charge on any atom is -0.396 e. The second-order valence-electron chi connectivity index (χ2n) is 6.80. The van der Waals surface area contributed by atoms with Crippen LogP contribution in [0.4, 0.5) is 20.2 Å². The zero-order valence-corrected chi connectivity index (χ0v) is 14.8. The van der Waals surface area contributed by atoms with E-state index < -0.39 is 29.0 Å². The molecule has 1 aliphatic rings. The highest BCUT2D eigenvalue weighted by atomic mass is 19.1. The maximum Gasteiger partial charge on any atom is 0.255 e. The number of hydrogen-bond acceptors (Lipinski definition) is 4. The molecule has 1 saturated carbocycles. The van der Waals surface area contributed by atoms with Crippen molar-refractivity contribution in [3.63, 3.8) is 0 Å². The fourth-order valence-electron chi connectivity index (χ4n) is 2.97. The van der Waals surface area contributed by atoms with Gasteiger partial charge in [0.15, 0.2) is 0 Å². The number of amides is 2. The fourth-order valence-corrected chi connectivity index (χ4v) is 2.97. The molecule has 2 amide bonds. The highest BCUT2D eigenvalue weighted by Gasteiger charge is 2.46. The molecule has 0 aliphatic heterocycles. The van der Waals surface area contributed by atoms with Crippen molar-refractivity contribution >= 4 is 23.2 Å². The SMILES string of the molecule is CN(CC1(NC(=O)c2cccc(F)c2N)CC1)C(=O)c1cccc(F)c1N. The number of nitrogen functional groups attached to an aromatic ring is 2. The highest BCUT2D eigenvalue weighted by Crippen LogP contribution is 2.37. The lowest BCUT2D eigenvalue weighted by molar-refractivity contribution is 0.0757. The zero-order chi connectivity index (χ0) is 19.8. The molecule has 0 unspecified atom stereocenters. The van der Waals surface area contributed by atoms with E-state index >= 15 is 0 Å². The van der Waals surface area contributed by atoms with Crippen molar-refractivity contribution in [2.75, 3.05) is 25.1 Å². The molecule has 1 fully saturated rings. The Balaban J connectivity index is 1.71. The van der Waals surface area contributed by atoms with Crippen LogP contribution < -0.4 is 16.8 Å². The van der Waals surface area contributed by atoms with Crippen LogP contribution in [0.2, 0.25) is 0 Å². The van der Waals surface area contributed by atoms with Gasteiger partial charge >= 0.3 is 0 Å². The van der Waals surface area contributed by atoms with E-state index in [4.69, 9.17) is 11.5 Å². The lowest BCUT2D eigenvalue weighted by Crippen LogP contribution is -2.46. The van der Waals surface area contributed by atoms with E-state index in [1.165, 1.54) is 41.3 Å². The molecule has 6 nitrogen and oxygen atoms in total. The Hall–Kier alpha value is -3.16. The number of carbonyl (C=O) groups excluding carboxylic acids is 2. The number of anilines is 2. The summed E-state index contributed by atoms with van der Waals surface area (Å²) in [7, 11) is 1.55. The van der Waals surface area contributed by atoms with Gasteiger partial charge in [0.25, 0.3) is 11.8 Å². The van der Waals surface area contributed by atoms with Crippen LogP contribution in [0.5, 0.6) is 0 Å². The molecule has 3 rings (SSSR count). The van der Waals surface area contributed by atoms with Gasteiger partial charge in [-0.25, -0.2) is 8.78 Å². The van der Waals surface area contributed by atoms with Gasteiger partial charge in [-0.15, -0.1) is 0 Å². The van der Waals surface area contributed by atoms with Crippen LogP contribution in [0, 0.1) is 11.6 Å². The molecule has 0 saturated heterocycles. The van der Waals surface area contributed by atoms with Crippen LogP contribution in [0.3, 0.4) is 0 Å². The summed E-state index contributed by atoms with van der Waals surface area (Å²) in [5, 5.41) is 2.83. The third kappa shape index (κ3) is 3.69. The van der Waals surface area contributed by atoms with Crippen molar-refractivity contribution in [3.8, 4) is 0 Å². The molecule has 5 N–H and O–H groups in total. The van der Waals surface area contributed by atoms with E-state index in [2.05, 4.69) is 5.32 Å².